The van der Waals surface area contributed by atoms with Crippen LogP contribution in [0.5, 0.6) is 0 Å². The Hall–Kier alpha value is 0.530. The molecule has 0 aliphatic carbocycles. The van der Waals surface area contributed by atoms with Crippen LogP contribution in [0.4, 0.5) is 0 Å². The van der Waals surface area contributed by atoms with Crippen molar-refractivity contribution in [1.82, 2.24) is 0 Å². The number of hydrogen-bond donors (Lipinski definition) is 0. The summed E-state index contributed by atoms with van der Waals surface area (Å²) in [6.45, 7) is 1.60. The summed E-state index contributed by atoms with van der Waals surface area (Å²) >= 11 is 5.05. The lowest BCUT2D eigenvalue weighted by Crippen LogP contribution is -2.24. The fraction of sp³-hybridized carbons (Fsp3) is 1.00. The van der Waals surface area contributed by atoms with Crippen LogP contribution < -0.4 is 0 Å². The molecule has 0 aromatic heterocycles. The van der Waals surface area contributed by atoms with Crippen LogP contribution in [0.25, 0.3) is 0 Å². The van der Waals surface area contributed by atoms with Gasteiger partial charge in [0.1, 0.15) is 0 Å². The van der Waals surface area contributed by atoms with Crippen LogP contribution in [0.1, 0.15) is 20.3 Å². The van der Waals surface area contributed by atoms with Gasteiger partial charge in [0.2, 0.25) is 0 Å². The van der Waals surface area contributed by atoms with E-state index in [9.17, 15) is 0 Å². The summed E-state index contributed by atoms with van der Waals surface area (Å²) in [5.74, 6) is 0. The van der Waals surface area contributed by atoms with Gasteiger partial charge in [-0.3, -0.25) is 0 Å². The average molecular weight is 196 g/mol. The molecule has 0 bridgehead atoms. The van der Waals surface area contributed by atoms with Crippen molar-refractivity contribution < 1.29 is 13.6 Å². The largest absolute Gasteiger partial charge is 0.327 e. The Morgan fingerprint density at radius 2 is 1.82 bits per heavy atom. The van der Waals surface area contributed by atoms with Crippen LogP contribution in [-0.4, -0.2) is 19.3 Å². The van der Waals surface area contributed by atoms with E-state index in [-0.39, 0.29) is 12.2 Å². The number of hydrogen-bond acceptors (Lipinski definition) is 4. The summed E-state index contributed by atoms with van der Waals surface area (Å²) in [6, 6.07) is 0. The fourth-order valence-corrected chi connectivity index (χ4v) is 3.26. The van der Waals surface area contributed by atoms with E-state index >= 15 is 0 Å². The lowest BCUT2D eigenvalue weighted by atomic mass is 10.2. The first-order valence-electron chi connectivity index (χ1n) is 3.58. The van der Waals surface area contributed by atoms with Crippen molar-refractivity contribution in [2.24, 2.45) is 0 Å². The first-order chi connectivity index (χ1) is 5.06. The Kier molecular flexibility index (Phi) is 3.06. The second-order valence-electron chi connectivity index (χ2n) is 2.70. The van der Waals surface area contributed by atoms with Gasteiger partial charge >= 0.3 is 6.72 Å². The van der Waals surface area contributed by atoms with E-state index in [1.54, 1.807) is 0 Å². The van der Waals surface area contributed by atoms with Crippen LogP contribution in [0.3, 0.4) is 0 Å². The van der Waals surface area contributed by atoms with E-state index in [0.29, 0.717) is 0 Å². The first-order valence-corrected chi connectivity index (χ1v) is 6.14. The van der Waals surface area contributed by atoms with Crippen LogP contribution in [0.15, 0.2) is 0 Å². The predicted octanol–water partition coefficient (Wildman–Crippen LogP) is 2.07. The van der Waals surface area contributed by atoms with Crippen LogP contribution >= 0.6 is 6.72 Å². The minimum Gasteiger partial charge on any atom is -0.312 e. The van der Waals surface area contributed by atoms with Crippen LogP contribution in [-0.2, 0) is 25.4 Å². The molecule has 1 aliphatic rings. The summed E-state index contributed by atoms with van der Waals surface area (Å²) in [5, 5.41) is 0. The third kappa shape index (κ3) is 2.49. The summed E-state index contributed by atoms with van der Waals surface area (Å²) in [5.41, 5.74) is 0. The second kappa shape index (κ2) is 3.50. The highest BCUT2D eigenvalue weighted by molar-refractivity contribution is 8.07. The molecular weight excluding hydrogens is 183 g/mol. The highest BCUT2D eigenvalue weighted by atomic mass is 32.5. The van der Waals surface area contributed by atoms with Gasteiger partial charge in [0.25, 0.3) is 0 Å². The van der Waals surface area contributed by atoms with Gasteiger partial charge in [0.15, 0.2) is 0 Å². The quantitative estimate of drug-likeness (QED) is 0.600. The zero-order valence-corrected chi connectivity index (χ0v) is 8.65. The molecule has 0 spiro atoms. The molecule has 11 heavy (non-hydrogen) atoms. The molecular formula is C6H13O3PS. The van der Waals surface area contributed by atoms with Crippen molar-refractivity contribution >= 4 is 18.5 Å². The molecule has 0 aromatic carbocycles. The van der Waals surface area contributed by atoms with Crippen molar-refractivity contribution in [2.75, 3.05) is 7.11 Å². The van der Waals surface area contributed by atoms with Crippen molar-refractivity contribution in [1.29, 1.82) is 0 Å². The second-order valence-corrected chi connectivity index (χ2v) is 5.72. The topological polar surface area (TPSA) is 27.7 Å². The highest BCUT2D eigenvalue weighted by Crippen LogP contribution is 2.54. The molecule has 66 valence electrons. The summed E-state index contributed by atoms with van der Waals surface area (Å²) < 4.78 is 15.8. The van der Waals surface area contributed by atoms with Crippen molar-refractivity contribution in [3.63, 3.8) is 0 Å². The maximum Gasteiger partial charge on any atom is 0.327 e. The average Bonchev–Trinajstić information content (AvgIpc) is 1.84. The molecule has 5 heteroatoms. The smallest absolute Gasteiger partial charge is 0.312 e. The lowest BCUT2D eigenvalue weighted by molar-refractivity contribution is 0.0370. The van der Waals surface area contributed by atoms with Gasteiger partial charge in [-0.25, -0.2) is 0 Å². The van der Waals surface area contributed by atoms with Gasteiger partial charge in [-0.05, 0) is 25.7 Å². The van der Waals surface area contributed by atoms with E-state index in [4.69, 9.17) is 25.4 Å². The highest BCUT2D eigenvalue weighted by Gasteiger charge is 2.31. The molecule has 0 amide bonds. The maximum absolute atomic E-state index is 5.37. The molecule has 1 saturated heterocycles. The first kappa shape index (κ1) is 9.62. The standard InChI is InChI=1S/C6H13O3PS/c1-5-4-6(2)9-10(11,7-3)8-5/h5-6H,4H2,1-3H3/t5-,6-/m0/s1. The number of rotatable bonds is 1. The Bertz CT molecular complexity index is 171. The molecule has 1 fully saturated rings. The van der Waals surface area contributed by atoms with Crippen molar-refractivity contribution in [3.05, 3.63) is 0 Å². The van der Waals surface area contributed by atoms with E-state index < -0.39 is 6.72 Å². The van der Waals surface area contributed by atoms with Gasteiger partial charge in [0.05, 0.1) is 12.2 Å². The molecule has 1 rings (SSSR count). The molecule has 3 nitrogen and oxygen atoms in total. The van der Waals surface area contributed by atoms with Gasteiger partial charge in [-0.1, -0.05) is 0 Å². The van der Waals surface area contributed by atoms with Crippen molar-refractivity contribution in [3.8, 4) is 0 Å². The molecule has 1 aliphatic heterocycles. The van der Waals surface area contributed by atoms with E-state index in [0.717, 1.165) is 6.42 Å². The minimum atomic E-state index is -2.37. The van der Waals surface area contributed by atoms with Gasteiger partial charge in [-0.15, -0.1) is 0 Å². The van der Waals surface area contributed by atoms with Gasteiger partial charge in [-0.2, -0.15) is 0 Å². The monoisotopic (exact) mass is 196 g/mol. The van der Waals surface area contributed by atoms with Crippen LogP contribution in [0.2, 0.25) is 0 Å². The third-order valence-electron chi connectivity index (χ3n) is 1.51. The van der Waals surface area contributed by atoms with Gasteiger partial charge < -0.3 is 13.6 Å². The summed E-state index contributed by atoms with van der Waals surface area (Å²) in [4.78, 5) is 0. The lowest BCUT2D eigenvalue weighted by Gasteiger charge is -2.32. The Morgan fingerprint density at radius 1 is 1.36 bits per heavy atom. The SMILES string of the molecule is COP1(=S)O[C@@H](C)C[C@H](C)O1. The minimum absolute atomic E-state index is 0.157. The Labute approximate surface area is 72.3 Å². The molecule has 1 heterocycles. The summed E-state index contributed by atoms with van der Waals surface area (Å²) in [6.07, 6.45) is 1.20. The Balaban J connectivity index is 2.63. The molecule has 0 radical (unpaired) electrons. The fourth-order valence-electron chi connectivity index (χ4n) is 1.11. The van der Waals surface area contributed by atoms with Gasteiger partial charge in [0, 0.05) is 13.5 Å². The molecule has 0 unspecified atom stereocenters. The molecule has 2 atom stereocenters. The van der Waals surface area contributed by atoms with E-state index in [1.165, 1.54) is 7.11 Å². The molecule has 0 N–H and O–H groups in total. The van der Waals surface area contributed by atoms with E-state index in [2.05, 4.69) is 0 Å². The summed E-state index contributed by atoms with van der Waals surface area (Å²) in [7, 11) is 1.53. The normalized spacial score (nSPS) is 45.7. The third-order valence-corrected chi connectivity index (χ3v) is 4.15. The van der Waals surface area contributed by atoms with Crippen molar-refractivity contribution in [2.45, 2.75) is 32.5 Å². The predicted molar refractivity (Wildman–Crippen MR) is 47.0 cm³/mol. The Morgan fingerprint density at radius 3 is 2.18 bits per heavy atom. The maximum atomic E-state index is 5.37. The molecule has 0 saturated carbocycles. The van der Waals surface area contributed by atoms with E-state index in [1.807, 2.05) is 13.8 Å². The zero-order valence-electron chi connectivity index (χ0n) is 6.94. The van der Waals surface area contributed by atoms with Crippen LogP contribution in [0, 0.1) is 0 Å². The zero-order chi connectivity index (χ0) is 8.48. The molecule has 0 aromatic rings.